The van der Waals surface area contributed by atoms with Crippen LogP contribution in [0.15, 0.2) is 63.9 Å². The molecule has 7 heteroatoms. The van der Waals surface area contributed by atoms with E-state index in [0.29, 0.717) is 33.6 Å². The molecular formula is C22H20ClN3O3. The first-order valence-corrected chi connectivity index (χ1v) is 9.57. The number of hydrogen-bond donors (Lipinski definition) is 1. The number of hydrogen-bond acceptors (Lipinski definition) is 4. The van der Waals surface area contributed by atoms with Crippen LogP contribution in [-0.4, -0.2) is 36.0 Å². The summed E-state index contributed by atoms with van der Waals surface area (Å²) < 4.78 is 7.30. The zero-order valence-electron chi connectivity index (χ0n) is 16.1. The van der Waals surface area contributed by atoms with E-state index in [1.165, 1.54) is 0 Å². The van der Waals surface area contributed by atoms with E-state index in [-0.39, 0.29) is 17.2 Å². The second-order valence-electron chi connectivity index (χ2n) is 7.13. The number of nitrogens with one attached hydrogen (secondary N) is 1. The average Bonchev–Trinajstić information content (AvgIpc) is 3.11. The van der Waals surface area contributed by atoms with Crippen molar-refractivity contribution in [2.75, 3.05) is 26.0 Å². The van der Waals surface area contributed by atoms with Crippen LogP contribution < -0.4 is 10.9 Å². The van der Waals surface area contributed by atoms with Gasteiger partial charge in [0.05, 0.1) is 0 Å². The Kier molecular flexibility index (Phi) is 5.13. The van der Waals surface area contributed by atoms with E-state index in [2.05, 4.69) is 5.32 Å². The van der Waals surface area contributed by atoms with Crippen LogP contribution in [0.3, 0.4) is 0 Å². The molecule has 0 fully saturated rings. The van der Waals surface area contributed by atoms with Gasteiger partial charge in [0.15, 0.2) is 5.76 Å². The molecule has 0 radical (unpaired) electrons. The Balaban J connectivity index is 1.65. The van der Waals surface area contributed by atoms with Gasteiger partial charge in [-0.2, -0.15) is 0 Å². The summed E-state index contributed by atoms with van der Waals surface area (Å²) >= 11 is 5.99. The summed E-state index contributed by atoms with van der Waals surface area (Å²) in [6, 6.07) is 14.0. The van der Waals surface area contributed by atoms with Crippen LogP contribution in [0.25, 0.3) is 21.7 Å². The predicted molar refractivity (Wildman–Crippen MR) is 116 cm³/mol. The van der Waals surface area contributed by atoms with Crippen molar-refractivity contribution in [1.29, 1.82) is 0 Å². The molecule has 0 atom stereocenters. The van der Waals surface area contributed by atoms with Crippen molar-refractivity contribution in [3.63, 3.8) is 0 Å². The lowest BCUT2D eigenvalue weighted by atomic mass is 10.1. The minimum Gasteiger partial charge on any atom is -0.451 e. The van der Waals surface area contributed by atoms with E-state index in [4.69, 9.17) is 16.0 Å². The normalized spacial score (nSPS) is 11.4. The van der Waals surface area contributed by atoms with Gasteiger partial charge in [-0.3, -0.25) is 9.59 Å². The van der Waals surface area contributed by atoms with Gasteiger partial charge in [-0.1, -0.05) is 17.7 Å². The fraction of sp³-hybridized carbons (Fsp3) is 0.182. The Morgan fingerprint density at radius 2 is 1.97 bits per heavy atom. The number of halogens is 1. The second-order valence-corrected chi connectivity index (χ2v) is 7.57. The molecule has 0 aliphatic carbocycles. The van der Waals surface area contributed by atoms with Gasteiger partial charge in [0.25, 0.3) is 11.5 Å². The molecule has 6 nitrogen and oxygen atoms in total. The Hall–Kier alpha value is -3.09. The number of anilines is 1. The summed E-state index contributed by atoms with van der Waals surface area (Å²) in [6.07, 6.45) is 1.76. The summed E-state index contributed by atoms with van der Waals surface area (Å²) in [5, 5.41) is 5.42. The average molecular weight is 410 g/mol. The van der Waals surface area contributed by atoms with Crippen molar-refractivity contribution in [2.24, 2.45) is 0 Å². The van der Waals surface area contributed by atoms with Crippen molar-refractivity contribution >= 4 is 44.9 Å². The number of carbonyl (C=O) groups excluding carboxylic acids is 1. The summed E-state index contributed by atoms with van der Waals surface area (Å²) in [6.45, 7) is 1.36. The molecule has 0 saturated carbocycles. The number of pyridine rings is 1. The fourth-order valence-corrected chi connectivity index (χ4v) is 3.40. The highest BCUT2D eigenvalue weighted by Gasteiger charge is 2.15. The highest BCUT2D eigenvalue weighted by molar-refractivity contribution is 6.31. The highest BCUT2D eigenvalue weighted by Crippen LogP contribution is 2.25. The maximum absolute atomic E-state index is 12.8. The molecule has 29 heavy (non-hydrogen) atoms. The van der Waals surface area contributed by atoms with Crippen molar-refractivity contribution < 1.29 is 9.21 Å². The number of amides is 1. The second kappa shape index (κ2) is 7.73. The van der Waals surface area contributed by atoms with Gasteiger partial charge in [-0.25, -0.2) is 0 Å². The third-order valence-electron chi connectivity index (χ3n) is 4.76. The molecule has 0 spiro atoms. The van der Waals surface area contributed by atoms with Crippen LogP contribution in [0.5, 0.6) is 0 Å². The minimum absolute atomic E-state index is 0.0844. The number of likely N-dealkylation sites (N-methyl/N-ethyl adjacent to an activating group) is 1. The Morgan fingerprint density at radius 1 is 1.14 bits per heavy atom. The predicted octanol–water partition coefficient (Wildman–Crippen LogP) is 4.22. The van der Waals surface area contributed by atoms with E-state index >= 15 is 0 Å². The number of aromatic nitrogens is 1. The van der Waals surface area contributed by atoms with Gasteiger partial charge >= 0.3 is 0 Å². The Morgan fingerprint density at radius 3 is 2.76 bits per heavy atom. The summed E-state index contributed by atoms with van der Waals surface area (Å²) in [5.74, 6) is -0.208. The van der Waals surface area contributed by atoms with E-state index in [0.717, 1.165) is 11.9 Å². The van der Waals surface area contributed by atoms with Gasteiger partial charge in [0, 0.05) is 46.2 Å². The van der Waals surface area contributed by atoms with E-state index in [1.807, 2.05) is 25.1 Å². The molecule has 1 N–H and O–H groups in total. The maximum atomic E-state index is 12.8. The molecule has 0 aliphatic heterocycles. The van der Waals surface area contributed by atoms with Gasteiger partial charge in [0.2, 0.25) is 0 Å². The zero-order chi connectivity index (χ0) is 20.5. The molecule has 2 heterocycles. The van der Waals surface area contributed by atoms with Gasteiger partial charge < -0.3 is 19.2 Å². The van der Waals surface area contributed by atoms with Gasteiger partial charge in [-0.05, 0) is 56.6 Å². The van der Waals surface area contributed by atoms with Crippen LogP contribution in [-0.2, 0) is 6.54 Å². The van der Waals surface area contributed by atoms with Crippen LogP contribution >= 0.6 is 11.6 Å². The molecule has 4 rings (SSSR count). The first-order valence-electron chi connectivity index (χ1n) is 9.20. The number of rotatable bonds is 5. The first kappa shape index (κ1) is 19.2. The first-order chi connectivity index (χ1) is 13.9. The van der Waals surface area contributed by atoms with Crippen molar-refractivity contribution in [3.05, 3.63) is 75.9 Å². The highest BCUT2D eigenvalue weighted by atomic mass is 35.5. The molecule has 2 aromatic heterocycles. The monoisotopic (exact) mass is 409 g/mol. The van der Waals surface area contributed by atoms with Crippen LogP contribution in [0.4, 0.5) is 5.69 Å². The Bertz CT molecular complexity index is 1270. The third-order valence-corrected chi connectivity index (χ3v) is 4.99. The van der Waals surface area contributed by atoms with E-state index < -0.39 is 0 Å². The molecule has 0 unspecified atom stereocenters. The summed E-state index contributed by atoms with van der Waals surface area (Å²) in [5.41, 5.74) is 1.06. The molecule has 4 aromatic rings. The number of benzene rings is 2. The fourth-order valence-electron chi connectivity index (χ4n) is 3.22. The molecule has 0 saturated heterocycles. The topological polar surface area (TPSA) is 67.5 Å². The number of nitrogens with zero attached hydrogens (tertiary/aromatic N) is 2. The standard InChI is InChI=1S/C22H20ClN3O3/c1-25(2)10-11-26-9-8-16-17(22(26)28)4-3-5-18(16)24-21(27)20-13-14-12-15(23)6-7-19(14)29-20/h3-9,12-13H,10-11H2,1-2H3,(H,24,27). The maximum Gasteiger partial charge on any atom is 0.291 e. The molecule has 1 amide bonds. The molecule has 2 aromatic carbocycles. The summed E-state index contributed by atoms with van der Waals surface area (Å²) in [4.78, 5) is 27.5. The lowest BCUT2D eigenvalue weighted by Gasteiger charge is -2.13. The third kappa shape index (κ3) is 3.90. The van der Waals surface area contributed by atoms with Gasteiger partial charge in [-0.15, -0.1) is 0 Å². The van der Waals surface area contributed by atoms with Gasteiger partial charge in [0.1, 0.15) is 5.58 Å². The van der Waals surface area contributed by atoms with E-state index in [1.54, 1.807) is 53.2 Å². The largest absolute Gasteiger partial charge is 0.451 e. The van der Waals surface area contributed by atoms with Crippen LogP contribution in [0, 0.1) is 0 Å². The summed E-state index contributed by atoms with van der Waals surface area (Å²) in [7, 11) is 3.93. The number of furan rings is 1. The van der Waals surface area contributed by atoms with Crippen LogP contribution in [0.1, 0.15) is 10.6 Å². The lowest BCUT2D eigenvalue weighted by Crippen LogP contribution is -2.26. The minimum atomic E-state index is -0.387. The van der Waals surface area contributed by atoms with Crippen molar-refractivity contribution in [3.8, 4) is 0 Å². The SMILES string of the molecule is CN(C)CCn1ccc2c(NC(=O)c3cc4cc(Cl)ccc4o3)cccc2c1=O. The van der Waals surface area contributed by atoms with Crippen molar-refractivity contribution in [2.45, 2.75) is 6.54 Å². The van der Waals surface area contributed by atoms with Crippen LogP contribution in [0.2, 0.25) is 5.02 Å². The molecular weight excluding hydrogens is 390 g/mol. The lowest BCUT2D eigenvalue weighted by molar-refractivity contribution is 0.0999. The molecule has 0 aliphatic rings. The molecule has 148 valence electrons. The van der Waals surface area contributed by atoms with Crippen molar-refractivity contribution in [1.82, 2.24) is 9.47 Å². The number of fused-ring (bicyclic) bond motifs is 2. The van der Waals surface area contributed by atoms with E-state index in [9.17, 15) is 9.59 Å². The smallest absolute Gasteiger partial charge is 0.291 e. The number of carbonyl (C=O) groups is 1. The Labute approximate surface area is 172 Å². The molecule has 0 bridgehead atoms. The zero-order valence-corrected chi connectivity index (χ0v) is 16.9. The quantitative estimate of drug-likeness (QED) is 0.536.